The number of carbonyl (C=O) groups excluding carboxylic acids is 2. The highest BCUT2D eigenvalue weighted by Crippen LogP contribution is 2.62. The number of aliphatic hydroxyl groups is 2. The van der Waals surface area contributed by atoms with Crippen LogP contribution in [0.1, 0.15) is 80.0 Å². The summed E-state index contributed by atoms with van der Waals surface area (Å²) in [6.45, 7) is 6.79. The summed E-state index contributed by atoms with van der Waals surface area (Å²) < 4.78 is 20.6. The highest BCUT2D eigenvalue weighted by Gasteiger charge is 2.65. The van der Waals surface area contributed by atoms with Crippen LogP contribution >= 0.6 is 0 Å². The van der Waals surface area contributed by atoms with Crippen molar-refractivity contribution in [1.82, 2.24) is 10.2 Å². The Morgan fingerprint density at radius 3 is 2.44 bits per heavy atom. The number of allylic oxidation sites excluding steroid dienone is 1. The molecule has 6 atom stereocenters. The number of benzene rings is 5. The second-order valence-electron chi connectivity index (χ2n) is 18.2. The Labute approximate surface area is 414 Å². The van der Waals surface area contributed by atoms with Crippen LogP contribution in [0.3, 0.4) is 0 Å². The number of ether oxygens (including phenoxy) is 3. The molecule has 2 aliphatic carbocycles. The van der Waals surface area contributed by atoms with E-state index in [0.717, 1.165) is 52.3 Å². The molecule has 5 aromatic carbocycles. The van der Waals surface area contributed by atoms with Crippen LogP contribution in [0.25, 0.3) is 16.8 Å². The Kier molecular flexibility index (Phi) is 16.7. The van der Waals surface area contributed by atoms with Gasteiger partial charge in [0.1, 0.15) is 24.1 Å². The molecule has 14 heteroatoms. The van der Waals surface area contributed by atoms with Gasteiger partial charge in [0.2, 0.25) is 11.7 Å². The number of oxime groups is 1. The van der Waals surface area contributed by atoms with E-state index in [1.807, 2.05) is 85.8 Å². The van der Waals surface area contributed by atoms with Gasteiger partial charge >= 0.3 is 6.09 Å². The third-order valence-electron chi connectivity index (χ3n) is 13.8. The minimum absolute atomic E-state index is 0.0142. The quantitative estimate of drug-likeness (QED) is 0.0198. The summed E-state index contributed by atoms with van der Waals surface area (Å²) >= 11 is 0. The number of hydrogen-bond acceptors (Lipinski definition) is 11. The second kappa shape index (κ2) is 23.7. The molecule has 14 nitrogen and oxygen atoms in total. The van der Waals surface area contributed by atoms with E-state index in [1.54, 1.807) is 41.3 Å². The fourth-order valence-corrected chi connectivity index (χ4v) is 10.7. The topological polar surface area (TPSA) is 182 Å². The predicted molar refractivity (Wildman–Crippen MR) is 273 cm³/mol. The summed E-state index contributed by atoms with van der Waals surface area (Å²) in [7, 11) is 0. The van der Waals surface area contributed by atoms with Crippen LogP contribution < -0.4 is 14.8 Å². The Morgan fingerprint density at radius 2 is 1.69 bits per heavy atom. The van der Waals surface area contributed by atoms with Crippen molar-refractivity contribution in [2.75, 3.05) is 26.4 Å². The molecule has 0 aromatic heterocycles. The van der Waals surface area contributed by atoms with Crippen LogP contribution in [0.5, 0.6) is 11.5 Å². The van der Waals surface area contributed by atoms with Gasteiger partial charge in [-0.25, -0.2) is 4.79 Å². The van der Waals surface area contributed by atoms with Crippen molar-refractivity contribution >= 4 is 40.2 Å². The summed E-state index contributed by atoms with van der Waals surface area (Å²) in [6.07, 6.45) is 10.8. The maximum absolute atomic E-state index is 15.4. The zero-order valence-corrected chi connectivity index (χ0v) is 40.1. The summed E-state index contributed by atoms with van der Waals surface area (Å²) in [5.41, 5.74) is 4.65. The van der Waals surface area contributed by atoms with Crippen molar-refractivity contribution in [1.29, 1.82) is 0 Å². The van der Waals surface area contributed by atoms with Crippen molar-refractivity contribution in [2.24, 2.45) is 22.9 Å². The number of hydrogen-bond donors (Lipinski definition) is 3. The second-order valence-corrected chi connectivity index (χ2v) is 18.2. The van der Waals surface area contributed by atoms with Gasteiger partial charge in [-0.15, -0.1) is 6.58 Å². The number of aliphatic hydroxyl groups excluding tert-OH is 2. The minimum atomic E-state index is -1.56. The molecular weight excluding hydrogens is 901 g/mol. The van der Waals surface area contributed by atoms with E-state index in [0.29, 0.717) is 48.6 Å². The van der Waals surface area contributed by atoms with Crippen LogP contribution in [0.2, 0.25) is 0 Å². The number of fused-ring (bicyclic) bond motifs is 3. The summed E-state index contributed by atoms with van der Waals surface area (Å²) in [5, 5.41) is 41.2. The largest absolute Gasteiger partial charge is 0.459 e. The predicted octanol–water partition coefficient (Wildman–Crippen LogP) is 10.4. The van der Waals surface area contributed by atoms with E-state index in [9.17, 15) is 25.1 Å². The first kappa shape index (κ1) is 50.3. The van der Waals surface area contributed by atoms with Crippen molar-refractivity contribution in [3.05, 3.63) is 178 Å². The van der Waals surface area contributed by atoms with Gasteiger partial charge in [0.15, 0.2) is 0 Å². The lowest BCUT2D eigenvalue weighted by Crippen LogP contribution is -2.70. The molecule has 0 spiro atoms. The standard InChI is InChI=1S/C57H62N4O10/c1-3-33-68-57-52(60(38-43-20-14-19-41-17-8-9-21-46(41)43)53(64)30-25-39-23-26-44(27-24-39)61(66)67)36-50(59-69-4-2)48-34-42(18-10-12-31-62)47(22-11-13-32-63)54(55(48)57)49-35-45(28-29-51(49)71-57)70-56(65)58-37-40-15-6-5-7-16-40/h3,5-9,14-17,19-21,23-30,34-35,42,47,52,54-55,62-63H,1,4,10-13,18,22,31-33,36-38H2,2H3,(H,58,65)/t42-,47+,52-,54+,55+,57+/m0/s1. The zero-order chi connectivity index (χ0) is 49.7. The average molecular weight is 963 g/mol. The maximum atomic E-state index is 15.4. The van der Waals surface area contributed by atoms with Crippen LogP contribution in [0, 0.1) is 27.9 Å². The van der Waals surface area contributed by atoms with Crippen molar-refractivity contribution in [3.63, 3.8) is 0 Å². The van der Waals surface area contributed by atoms with E-state index < -0.39 is 28.8 Å². The third-order valence-corrected chi connectivity index (χ3v) is 13.8. The van der Waals surface area contributed by atoms with Crippen LogP contribution in [0.15, 0.2) is 151 Å². The fourth-order valence-electron chi connectivity index (χ4n) is 10.7. The number of rotatable bonds is 22. The monoisotopic (exact) mass is 962 g/mol. The highest BCUT2D eigenvalue weighted by atomic mass is 16.7. The lowest BCUT2D eigenvalue weighted by atomic mass is 9.55. The van der Waals surface area contributed by atoms with Gasteiger partial charge in [-0.2, -0.15) is 0 Å². The minimum Gasteiger partial charge on any atom is -0.459 e. The molecule has 1 heterocycles. The molecule has 1 aliphatic heterocycles. The van der Waals surface area contributed by atoms with E-state index in [2.05, 4.69) is 18.0 Å². The number of unbranched alkanes of at least 4 members (excludes halogenated alkanes) is 2. The number of nitrogens with one attached hydrogen (secondary N) is 1. The number of nitro benzene ring substituents is 1. The Balaban J connectivity index is 1.31. The van der Waals surface area contributed by atoms with Gasteiger partial charge in [-0.1, -0.05) is 103 Å². The van der Waals surface area contributed by atoms with Crippen molar-refractivity contribution in [2.45, 2.75) is 82.7 Å². The first-order valence-corrected chi connectivity index (χ1v) is 24.6. The third kappa shape index (κ3) is 11.4. The Hall–Kier alpha value is -7.13. The van der Waals surface area contributed by atoms with Crippen LogP contribution in [-0.2, 0) is 27.5 Å². The molecule has 8 rings (SSSR count). The number of nitro groups is 1. The fraction of sp³-hybridized carbons (Fsp3) is 0.351. The summed E-state index contributed by atoms with van der Waals surface area (Å²) in [4.78, 5) is 47.5. The molecule has 71 heavy (non-hydrogen) atoms. The normalized spacial score (nSPS) is 21.6. The molecule has 0 unspecified atom stereocenters. The molecule has 0 bridgehead atoms. The first-order chi connectivity index (χ1) is 34.7. The van der Waals surface area contributed by atoms with E-state index in [4.69, 9.17) is 24.2 Å². The number of non-ortho nitro benzene ring substituents is 1. The molecule has 370 valence electrons. The molecule has 2 amide bonds. The Morgan fingerprint density at radius 1 is 0.944 bits per heavy atom. The smallest absolute Gasteiger partial charge is 0.412 e. The molecule has 1 fully saturated rings. The zero-order valence-electron chi connectivity index (χ0n) is 40.1. The van der Waals surface area contributed by atoms with E-state index >= 15 is 4.79 Å². The molecule has 0 radical (unpaired) electrons. The van der Waals surface area contributed by atoms with Gasteiger partial charge < -0.3 is 39.5 Å². The van der Waals surface area contributed by atoms with Gasteiger partial charge in [-0.05, 0) is 114 Å². The lowest BCUT2D eigenvalue weighted by Gasteiger charge is -2.60. The molecule has 3 aliphatic rings. The van der Waals surface area contributed by atoms with Gasteiger partial charge in [0, 0.05) is 62.4 Å². The maximum Gasteiger partial charge on any atom is 0.412 e. The summed E-state index contributed by atoms with van der Waals surface area (Å²) in [5.74, 6) is -2.16. The molecular formula is C57H62N4O10. The van der Waals surface area contributed by atoms with Gasteiger partial charge in [-0.3, -0.25) is 14.9 Å². The van der Waals surface area contributed by atoms with Crippen LogP contribution in [-0.4, -0.2) is 76.0 Å². The van der Waals surface area contributed by atoms with Crippen molar-refractivity contribution in [3.8, 4) is 11.5 Å². The number of amides is 2. The lowest BCUT2D eigenvalue weighted by molar-refractivity contribution is -0.384. The average Bonchev–Trinajstić information content (AvgIpc) is 3.39. The van der Waals surface area contributed by atoms with Crippen molar-refractivity contribution < 1.29 is 43.8 Å². The molecule has 5 aromatic rings. The highest BCUT2D eigenvalue weighted by molar-refractivity contribution is 6.03. The van der Waals surface area contributed by atoms with Gasteiger partial charge in [0.25, 0.3) is 5.69 Å². The summed E-state index contributed by atoms with van der Waals surface area (Å²) in [6, 6.07) is 34.1. The molecule has 0 saturated heterocycles. The van der Waals surface area contributed by atoms with Gasteiger partial charge in [0.05, 0.1) is 23.2 Å². The molecule has 3 N–H and O–H groups in total. The Bertz CT molecular complexity index is 2750. The number of nitrogens with zero attached hydrogens (tertiary/aromatic N) is 3. The molecule has 1 saturated carbocycles. The van der Waals surface area contributed by atoms with E-state index in [-0.39, 0.29) is 68.7 Å². The SMILES string of the molecule is C=CCO[C@@]12Oc3ccc(OC(=O)NCc4ccccc4)cc3[C@H]3[C@H](CCCCO)[C@@H](CCCCO)C=C(C(=NOCC)C[C@@H]1N(Cc1cccc4ccccc14)C(=O)C=Cc1ccc([N+](=O)[O-])cc1)[C@H]32. The van der Waals surface area contributed by atoms with E-state index in [1.165, 1.54) is 18.2 Å². The number of carbonyl (C=O) groups is 2. The van der Waals surface area contributed by atoms with Crippen LogP contribution in [0.4, 0.5) is 10.5 Å². The first-order valence-electron chi connectivity index (χ1n) is 24.6.